The van der Waals surface area contributed by atoms with E-state index in [1.165, 1.54) is 0 Å². The Morgan fingerprint density at radius 2 is 1.63 bits per heavy atom. The van der Waals surface area contributed by atoms with Crippen molar-refractivity contribution in [3.63, 3.8) is 0 Å². The first-order chi connectivity index (χ1) is 17.0. The molecule has 1 saturated heterocycles. The predicted molar refractivity (Wildman–Crippen MR) is 132 cm³/mol. The molecule has 0 unspecified atom stereocenters. The lowest BCUT2D eigenvalue weighted by Gasteiger charge is -2.24. The number of nitrogens with zero attached hydrogens (tertiary/aromatic N) is 4. The molecule has 0 spiro atoms. The van der Waals surface area contributed by atoms with E-state index in [0.29, 0.717) is 23.8 Å². The fraction of sp³-hybridized carbons (Fsp3) is 0.231. The molecule has 6 rings (SSSR count). The number of aromatic nitrogens is 3. The van der Waals surface area contributed by atoms with Gasteiger partial charge in [0.25, 0.3) is 5.95 Å². The average molecular weight is 488 g/mol. The number of nitrogens with one attached hydrogen (secondary N) is 1. The quantitative estimate of drug-likeness (QED) is 0.432. The van der Waals surface area contributed by atoms with E-state index in [2.05, 4.69) is 15.4 Å². The number of amides is 2. The Labute approximate surface area is 206 Å². The minimum Gasteiger partial charge on any atom is -0.497 e. The van der Waals surface area contributed by atoms with Crippen LogP contribution in [0.25, 0.3) is 5.70 Å². The van der Waals surface area contributed by atoms with E-state index in [0.717, 1.165) is 27.5 Å². The molecule has 1 aliphatic carbocycles. The predicted octanol–water partition coefficient (Wildman–Crippen LogP) is 4.45. The summed E-state index contributed by atoms with van der Waals surface area (Å²) in [4.78, 5) is 32.0. The van der Waals surface area contributed by atoms with Crippen LogP contribution in [0.1, 0.15) is 30.0 Å². The molecule has 0 radical (unpaired) electrons. The van der Waals surface area contributed by atoms with Gasteiger partial charge in [0.1, 0.15) is 11.8 Å². The van der Waals surface area contributed by atoms with E-state index in [1.54, 1.807) is 11.8 Å². The largest absolute Gasteiger partial charge is 0.497 e. The number of hydrogen-bond donors (Lipinski definition) is 1. The molecule has 0 saturated carbocycles. The standard InChI is InChI=1S/C26H22ClN5O3/c1-35-18-12-8-16(9-13-18)22-14-21(15-6-10-17(27)11-7-15)28-25-29-26(30-32(22)25)31-23(33)19-4-2-3-5-20(19)24(31)34/h2-3,6-14,19-20,22H,4-5H2,1H3,(H,28,29,30)/t19-,20-,22+/m1/s1. The summed E-state index contributed by atoms with van der Waals surface area (Å²) < 4.78 is 7.01. The number of ether oxygens (including phenoxy) is 1. The second-order valence-corrected chi connectivity index (χ2v) is 9.21. The maximum atomic E-state index is 13.1. The molecule has 1 fully saturated rings. The number of allylic oxidation sites excluding steroid dienone is 3. The zero-order valence-corrected chi connectivity index (χ0v) is 19.6. The Bertz CT molecular complexity index is 1350. The smallest absolute Gasteiger partial charge is 0.260 e. The van der Waals surface area contributed by atoms with E-state index in [4.69, 9.17) is 16.3 Å². The summed E-state index contributed by atoms with van der Waals surface area (Å²) in [6.07, 6.45) is 7.09. The van der Waals surface area contributed by atoms with Crippen molar-refractivity contribution in [3.8, 4) is 5.75 Å². The molecule has 2 amide bonds. The van der Waals surface area contributed by atoms with Gasteiger partial charge in [0.15, 0.2) is 0 Å². The molecule has 3 aromatic rings. The highest BCUT2D eigenvalue weighted by Crippen LogP contribution is 2.39. The fourth-order valence-corrected chi connectivity index (χ4v) is 5.04. The highest BCUT2D eigenvalue weighted by Gasteiger charge is 2.49. The molecule has 2 aromatic carbocycles. The van der Waals surface area contributed by atoms with Crippen LogP contribution in [0.4, 0.5) is 11.9 Å². The third kappa shape index (κ3) is 3.61. The van der Waals surface area contributed by atoms with Gasteiger partial charge in [0, 0.05) is 10.7 Å². The Hall–Kier alpha value is -3.91. The Kier molecular flexibility index (Phi) is 5.18. The number of rotatable bonds is 4. The number of carbonyl (C=O) groups is 2. The lowest BCUT2D eigenvalue weighted by molar-refractivity contribution is -0.122. The summed E-state index contributed by atoms with van der Waals surface area (Å²) in [6.45, 7) is 0. The summed E-state index contributed by atoms with van der Waals surface area (Å²) in [5, 5.41) is 8.60. The van der Waals surface area contributed by atoms with Gasteiger partial charge in [-0.25, -0.2) is 9.58 Å². The molecule has 9 heteroatoms. The van der Waals surface area contributed by atoms with Gasteiger partial charge in [0.2, 0.25) is 17.8 Å². The Morgan fingerprint density at radius 3 is 2.26 bits per heavy atom. The van der Waals surface area contributed by atoms with E-state index < -0.39 is 0 Å². The number of hydrogen-bond acceptors (Lipinski definition) is 6. The SMILES string of the molecule is COc1ccc([C@@H]2C=C(c3ccc(Cl)cc3)Nc3nc(N4C(=O)[C@@H]5CC=CC[C@H]5C4=O)nn32)cc1. The second kappa shape index (κ2) is 8.39. The molecule has 3 aliphatic rings. The summed E-state index contributed by atoms with van der Waals surface area (Å²) in [5.74, 6) is 0.122. The molecule has 35 heavy (non-hydrogen) atoms. The van der Waals surface area contributed by atoms with Gasteiger partial charge in [-0.3, -0.25) is 9.59 Å². The number of halogens is 1. The number of methoxy groups -OCH3 is 1. The first kappa shape index (κ1) is 21.6. The maximum absolute atomic E-state index is 13.1. The summed E-state index contributed by atoms with van der Waals surface area (Å²) in [6, 6.07) is 14.9. The molecule has 8 nitrogen and oxygen atoms in total. The van der Waals surface area contributed by atoms with Crippen LogP contribution in [0.5, 0.6) is 5.75 Å². The van der Waals surface area contributed by atoms with Gasteiger partial charge in [-0.1, -0.05) is 48.0 Å². The number of anilines is 2. The van der Waals surface area contributed by atoms with E-state index in [-0.39, 0.29) is 35.6 Å². The minimum atomic E-state index is -0.346. The third-order valence-corrected chi connectivity index (χ3v) is 7.03. The van der Waals surface area contributed by atoms with Crippen molar-refractivity contribution in [1.29, 1.82) is 0 Å². The second-order valence-electron chi connectivity index (χ2n) is 8.78. The number of benzene rings is 2. The third-order valence-electron chi connectivity index (χ3n) is 6.77. The van der Waals surface area contributed by atoms with Gasteiger partial charge in [0.05, 0.1) is 18.9 Å². The molecule has 0 bridgehead atoms. The van der Waals surface area contributed by atoms with Crippen molar-refractivity contribution < 1.29 is 14.3 Å². The highest BCUT2D eigenvalue weighted by atomic mass is 35.5. The summed E-state index contributed by atoms with van der Waals surface area (Å²) in [7, 11) is 1.62. The van der Waals surface area contributed by atoms with Crippen LogP contribution < -0.4 is 15.0 Å². The fourth-order valence-electron chi connectivity index (χ4n) is 4.91. The molecule has 2 aliphatic heterocycles. The lowest BCUT2D eigenvalue weighted by Crippen LogP contribution is -2.32. The number of fused-ring (bicyclic) bond motifs is 2. The molecular formula is C26H22ClN5O3. The first-order valence-corrected chi connectivity index (χ1v) is 11.8. The van der Waals surface area contributed by atoms with Gasteiger partial charge in [-0.2, -0.15) is 4.98 Å². The van der Waals surface area contributed by atoms with Crippen LogP contribution in [0, 0.1) is 11.8 Å². The van der Waals surface area contributed by atoms with Crippen LogP contribution in [0.3, 0.4) is 0 Å². The molecule has 176 valence electrons. The van der Waals surface area contributed by atoms with Crippen LogP contribution in [-0.4, -0.2) is 33.7 Å². The normalized spacial score (nSPS) is 23.0. The Morgan fingerprint density at radius 1 is 0.971 bits per heavy atom. The summed E-state index contributed by atoms with van der Waals surface area (Å²) >= 11 is 6.09. The van der Waals surface area contributed by atoms with Gasteiger partial charge < -0.3 is 10.1 Å². The van der Waals surface area contributed by atoms with Crippen molar-refractivity contribution in [2.45, 2.75) is 18.9 Å². The van der Waals surface area contributed by atoms with Crippen LogP contribution in [0.15, 0.2) is 66.8 Å². The van der Waals surface area contributed by atoms with Crippen molar-refractivity contribution >= 4 is 41.0 Å². The lowest BCUT2D eigenvalue weighted by atomic mass is 9.85. The van der Waals surface area contributed by atoms with E-state index >= 15 is 0 Å². The van der Waals surface area contributed by atoms with Crippen molar-refractivity contribution in [2.24, 2.45) is 11.8 Å². The number of imide groups is 1. The Balaban J connectivity index is 1.42. The van der Waals surface area contributed by atoms with Crippen molar-refractivity contribution in [2.75, 3.05) is 17.3 Å². The number of carbonyl (C=O) groups excluding carboxylic acids is 2. The first-order valence-electron chi connectivity index (χ1n) is 11.4. The van der Waals surface area contributed by atoms with Crippen LogP contribution in [0.2, 0.25) is 5.02 Å². The molecule has 1 N–H and O–H groups in total. The van der Waals surface area contributed by atoms with Crippen molar-refractivity contribution in [3.05, 3.63) is 82.9 Å². The van der Waals surface area contributed by atoms with Crippen LogP contribution in [-0.2, 0) is 9.59 Å². The zero-order chi connectivity index (χ0) is 24.1. The summed E-state index contributed by atoms with van der Waals surface area (Å²) in [5.41, 5.74) is 2.70. The highest BCUT2D eigenvalue weighted by molar-refractivity contribution is 6.30. The van der Waals surface area contributed by atoms with Crippen molar-refractivity contribution in [1.82, 2.24) is 14.8 Å². The molecule has 3 atom stereocenters. The monoisotopic (exact) mass is 487 g/mol. The van der Waals surface area contributed by atoms with Gasteiger partial charge in [-0.15, -0.1) is 5.10 Å². The topological polar surface area (TPSA) is 89.3 Å². The zero-order valence-electron chi connectivity index (χ0n) is 18.9. The van der Waals surface area contributed by atoms with Gasteiger partial charge in [-0.05, 0) is 54.3 Å². The van der Waals surface area contributed by atoms with Gasteiger partial charge >= 0.3 is 0 Å². The average Bonchev–Trinajstić information content (AvgIpc) is 3.42. The van der Waals surface area contributed by atoms with E-state index in [1.807, 2.05) is 66.8 Å². The molecule has 3 heterocycles. The molecule has 1 aromatic heterocycles. The maximum Gasteiger partial charge on any atom is 0.260 e. The van der Waals surface area contributed by atoms with E-state index in [9.17, 15) is 9.59 Å². The minimum absolute atomic E-state index is 0.0983. The molecular weight excluding hydrogens is 466 g/mol. The van der Waals surface area contributed by atoms with Crippen LogP contribution >= 0.6 is 11.6 Å².